The number of amides is 2. The van der Waals surface area contributed by atoms with Crippen molar-refractivity contribution < 1.29 is 19.1 Å². The lowest BCUT2D eigenvalue weighted by Crippen LogP contribution is -2.39. The molecule has 1 atom stereocenters. The van der Waals surface area contributed by atoms with Crippen molar-refractivity contribution in [2.75, 3.05) is 10.6 Å². The normalized spacial score (nSPS) is 14.9. The van der Waals surface area contributed by atoms with E-state index in [1.807, 2.05) is 12.1 Å². The van der Waals surface area contributed by atoms with Gasteiger partial charge in [0.05, 0.1) is 17.1 Å². The molecule has 2 amide bonds. The van der Waals surface area contributed by atoms with E-state index in [0.717, 1.165) is 0 Å². The Labute approximate surface area is 172 Å². The molecule has 2 N–H and O–H groups in total. The average Bonchev–Trinajstić information content (AvgIpc) is 2.72. The zero-order chi connectivity index (χ0) is 20.2. The van der Waals surface area contributed by atoms with Crippen LogP contribution in [-0.4, -0.2) is 17.9 Å². The molecule has 1 aliphatic rings. The Bertz CT molecular complexity index is 1050. The molecule has 0 aromatic heterocycles. The molecular formula is C22H17ClN2O4. The maximum atomic E-state index is 12.3. The smallest absolute Gasteiger partial charge is 0.266 e. The van der Waals surface area contributed by atoms with Crippen LogP contribution in [0, 0.1) is 0 Å². The summed E-state index contributed by atoms with van der Waals surface area (Å²) < 4.78 is 11.4. The lowest BCUT2D eigenvalue weighted by Gasteiger charge is -2.25. The van der Waals surface area contributed by atoms with Gasteiger partial charge in [-0.3, -0.25) is 9.59 Å². The second-order valence-corrected chi connectivity index (χ2v) is 6.81. The van der Waals surface area contributed by atoms with E-state index in [9.17, 15) is 9.59 Å². The number of benzene rings is 3. The highest BCUT2D eigenvalue weighted by Gasteiger charge is 2.29. The zero-order valence-electron chi connectivity index (χ0n) is 15.2. The first-order chi connectivity index (χ1) is 14.1. The molecule has 6 nitrogen and oxygen atoms in total. The van der Waals surface area contributed by atoms with Crippen molar-refractivity contribution >= 4 is 34.8 Å². The summed E-state index contributed by atoms with van der Waals surface area (Å²) in [6.45, 7) is 0. The number of rotatable bonds is 5. The Kier molecular flexibility index (Phi) is 5.35. The minimum atomic E-state index is -0.882. The molecule has 29 heavy (non-hydrogen) atoms. The van der Waals surface area contributed by atoms with Crippen LogP contribution in [0.2, 0.25) is 5.02 Å². The molecule has 0 saturated carbocycles. The summed E-state index contributed by atoms with van der Waals surface area (Å²) in [5.74, 6) is 1.01. The number of anilines is 2. The minimum absolute atomic E-state index is 0.0992. The molecule has 1 heterocycles. The maximum absolute atomic E-state index is 12.3. The van der Waals surface area contributed by atoms with Crippen molar-refractivity contribution in [1.82, 2.24) is 0 Å². The van der Waals surface area contributed by atoms with Gasteiger partial charge in [-0.25, -0.2) is 0 Å². The van der Waals surface area contributed by atoms with Crippen molar-refractivity contribution in [3.63, 3.8) is 0 Å². The number of hydrogen-bond donors (Lipinski definition) is 2. The molecule has 4 rings (SSSR count). The van der Waals surface area contributed by atoms with Crippen molar-refractivity contribution in [3.05, 3.63) is 77.8 Å². The summed E-state index contributed by atoms with van der Waals surface area (Å²) in [4.78, 5) is 24.5. The predicted molar refractivity (Wildman–Crippen MR) is 111 cm³/mol. The maximum Gasteiger partial charge on any atom is 0.266 e. The summed E-state index contributed by atoms with van der Waals surface area (Å²) in [6, 6.07) is 21.1. The van der Waals surface area contributed by atoms with Gasteiger partial charge in [-0.2, -0.15) is 0 Å². The van der Waals surface area contributed by atoms with E-state index < -0.39 is 6.10 Å². The zero-order valence-corrected chi connectivity index (χ0v) is 16.0. The fourth-order valence-electron chi connectivity index (χ4n) is 2.87. The van der Waals surface area contributed by atoms with E-state index in [-0.39, 0.29) is 18.2 Å². The first-order valence-corrected chi connectivity index (χ1v) is 9.35. The molecule has 0 aliphatic carbocycles. The first kappa shape index (κ1) is 18.8. The number of hydrogen-bond acceptors (Lipinski definition) is 4. The van der Waals surface area contributed by atoms with E-state index in [1.54, 1.807) is 60.7 Å². The van der Waals surface area contributed by atoms with Gasteiger partial charge in [0.1, 0.15) is 17.2 Å². The van der Waals surface area contributed by atoms with Crippen molar-refractivity contribution in [3.8, 4) is 17.2 Å². The Hall–Kier alpha value is -3.51. The molecule has 0 saturated heterocycles. The Morgan fingerprint density at radius 2 is 1.76 bits per heavy atom. The highest BCUT2D eigenvalue weighted by atomic mass is 35.5. The van der Waals surface area contributed by atoms with Crippen LogP contribution in [0.4, 0.5) is 11.4 Å². The number of para-hydroxylation sites is 3. The Morgan fingerprint density at radius 1 is 1.03 bits per heavy atom. The summed E-state index contributed by atoms with van der Waals surface area (Å²) in [6.07, 6.45) is -0.981. The van der Waals surface area contributed by atoms with E-state index in [0.29, 0.717) is 33.6 Å². The fourth-order valence-corrected chi connectivity index (χ4v) is 3.04. The SMILES string of the molecule is O=C(C[C@H]1Oc2ccccc2NC1=O)Nc1ccc(Oc2ccccc2Cl)cc1. The van der Waals surface area contributed by atoms with Gasteiger partial charge in [-0.15, -0.1) is 0 Å². The molecule has 146 valence electrons. The van der Waals surface area contributed by atoms with Crippen molar-refractivity contribution in [2.24, 2.45) is 0 Å². The Morgan fingerprint density at radius 3 is 2.55 bits per heavy atom. The Balaban J connectivity index is 1.35. The number of halogens is 1. The van der Waals surface area contributed by atoms with E-state index in [2.05, 4.69) is 10.6 Å². The molecule has 3 aromatic rings. The van der Waals surface area contributed by atoms with Gasteiger partial charge in [0.15, 0.2) is 6.10 Å². The molecule has 0 bridgehead atoms. The van der Waals surface area contributed by atoms with Crippen LogP contribution in [0.3, 0.4) is 0 Å². The van der Waals surface area contributed by atoms with Gasteiger partial charge in [0, 0.05) is 5.69 Å². The topological polar surface area (TPSA) is 76.7 Å². The quantitative estimate of drug-likeness (QED) is 0.632. The number of nitrogens with one attached hydrogen (secondary N) is 2. The van der Waals surface area contributed by atoms with Crippen LogP contribution in [0.5, 0.6) is 17.2 Å². The number of carbonyl (C=O) groups excluding carboxylic acids is 2. The molecule has 1 aliphatic heterocycles. The van der Waals surface area contributed by atoms with Crippen LogP contribution in [0.25, 0.3) is 0 Å². The van der Waals surface area contributed by atoms with Crippen molar-refractivity contribution in [2.45, 2.75) is 12.5 Å². The standard InChI is InChI=1S/C22H17ClN2O4/c23-16-5-1-3-7-18(16)28-15-11-9-14(10-12-15)24-21(26)13-20-22(27)25-17-6-2-4-8-19(17)29-20/h1-12,20H,13H2,(H,24,26)(H,25,27)/t20-/m1/s1. The van der Waals surface area contributed by atoms with Crippen molar-refractivity contribution in [1.29, 1.82) is 0 Å². The third-order valence-corrected chi connectivity index (χ3v) is 4.59. The molecule has 0 unspecified atom stereocenters. The van der Waals surface area contributed by atoms with E-state index in [1.165, 1.54) is 0 Å². The van der Waals surface area contributed by atoms with Crippen LogP contribution in [0.1, 0.15) is 6.42 Å². The van der Waals surface area contributed by atoms with E-state index >= 15 is 0 Å². The summed E-state index contributed by atoms with van der Waals surface area (Å²) in [7, 11) is 0. The van der Waals surface area contributed by atoms with Gasteiger partial charge < -0.3 is 20.1 Å². The molecule has 0 fully saturated rings. The van der Waals surface area contributed by atoms with Gasteiger partial charge in [-0.05, 0) is 48.5 Å². The highest BCUT2D eigenvalue weighted by molar-refractivity contribution is 6.32. The van der Waals surface area contributed by atoms with Gasteiger partial charge in [0.25, 0.3) is 5.91 Å². The summed E-state index contributed by atoms with van der Waals surface area (Å²) in [5, 5.41) is 6.01. The lowest BCUT2D eigenvalue weighted by atomic mass is 10.1. The second-order valence-electron chi connectivity index (χ2n) is 6.40. The average molecular weight is 409 g/mol. The molecule has 0 radical (unpaired) electrons. The summed E-state index contributed by atoms with van der Waals surface area (Å²) >= 11 is 6.08. The highest BCUT2D eigenvalue weighted by Crippen LogP contribution is 2.31. The number of fused-ring (bicyclic) bond motifs is 1. The van der Waals surface area contributed by atoms with Gasteiger partial charge >= 0.3 is 0 Å². The minimum Gasteiger partial charge on any atom is -0.478 e. The monoisotopic (exact) mass is 408 g/mol. The summed E-state index contributed by atoms with van der Waals surface area (Å²) in [5.41, 5.74) is 1.18. The molecular weight excluding hydrogens is 392 g/mol. The largest absolute Gasteiger partial charge is 0.478 e. The number of ether oxygens (including phenoxy) is 2. The second kappa shape index (κ2) is 8.24. The van der Waals surface area contributed by atoms with Crippen LogP contribution in [0.15, 0.2) is 72.8 Å². The van der Waals surface area contributed by atoms with Crippen LogP contribution < -0.4 is 20.1 Å². The van der Waals surface area contributed by atoms with Crippen LogP contribution >= 0.6 is 11.6 Å². The van der Waals surface area contributed by atoms with Gasteiger partial charge in [0.2, 0.25) is 5.91 Å². The third-order valence-electron chi connectivity index (χ3n) is 4.28. The van der Waals surface area contributed by atoms with E-state index in [4.69, 9.17) is 21.1 Å². The molecule has 0 spiro atoms. The predicted octanol–water partition coefficient (Wildman–Crippen LogP) is 4.86. The molecule has 3 aromatic carbocycles. The first-order valence-electron chi connectivity index (χ1n) is 8.97. The fraction of sp³-hybridized carbons (Fsp3) is 0.0909. The molecule has 7 heteroatoms. The van der Waals surface area contributed by atoms with Crippen LogP contribution in [-0.2, 0) is 9.59 Å². The van der Waals surface area contributed by atoms with Gasteiger partial charge in [-0.1, -0.05) is 35.9 Å². The third kappa shape index (κ3) is 4.50. The number of carbonyl (C=O) groups is 2. The lowest BCUT2D eigenvalue weighted by molar-refractivity contribution is -0.128.